The highest BCUT2D eigenvalue weighted by Crippen LogP contribution is 2.36. The maximum absolute atomic E-state index is 12.5. The first-order valence-electron chi connectivity index (χ1n) is 5.60. The molecule has 20 heavy (non-hydrogen) atoms. The molecule has 8 heteroatoms. The molecule has 0 saturated heterocycles. The quantitative estimate of drug-likeness (QED) is 0.791. The van der Waals surface area contributed by atoms with Crippen LogP contribution in [0.15, 0.2) is 36.8 Å². The number of hydrogen-bond acceptors (Lipinski definition) is 4. The van der Waals surface area contributed by atoms with Crippen LogP contribution in [0.2, 0.25) is 0 Å². The van der Waals surface area contributed by atoms with Crippen LogP contribution in [0.1, 0.15) is 21.6 Å². The van der Waals surface area contributed by atoms with Crippen LogP contribution in [0.3, 0.4) is 0 Å². The van der Waals surface area contributed by atoms with Crippen molar-refractivity contribution in [3.05, 3.63) is 52.2 Å². The Labute approximate surface area is 115 Å². The Bertz CT molecular complexity index is 750. The highest BCUT2D eigenvalue weighted by molar-refractivity contribution is 7.11. The molecule has 0 aliphatic carbocycles. The van der Waals surface area contributed by atoms with Crippen molar-refractivity contribution in [3.8, 4) is 0 Å². The number of nitrogens with zero attached hydrogens (tertiary/aromatic N) is 3. The second-order valence-electron chi connectivity index (χ2n) is 4.10. The van der Waals surface area contributed by atoms with Crippen LogP contribution >= 0.6 is 11.3 Å². The van der Waals surface area contributed by atoms with Gasteiger partial charge in [-0.2, -0.15) is 18.3 Å². The SMILES string of the molecule is OC(c1cnc(C(F)(F)F)s1)c1cnn2ccccc12. The first-order chi connectivity index (χ1) is 9.47. The Balaban J connectivity index is 2.00. The normalized spacial score (nSPS) is 13.8. The summed E-state index contributed by atoms with van der Waals surface area (Å²) in [5.41, 5.74) is 1.09. The van der Waals surface area contributed by atoms with Crippen LogP contribution in [0.4, 0.5) is 13.2 Å². The molecule has 3 rings (SSSR count). The average molecular weight is 299 g/mol. The van der Waals surface area contributed by atoms with Crippen LogP contribution in [0.5, 0.6) is 0 Å². The number of thiazole rings is 1. The van der Waals surface area contributed by atoms with Crippen molar-refractivity contribution in [2.75, 3.05) is 0 Å². The number of aromatic nitrogens is 3. The average Bonchev–Trinajstić information content (AvgIpc) is 3.04. The molecule has 1 atom stereocenters. The van der Waals surface area contributed by atoms with Crippen molar-refractivity contribution in [2.24, 2.45) is 0 Å². The molecule has 4 nitrogen and oxygen atoms in total. The van der Waals surface area contributed by atoms with Gasteiger partial charge in [0, 0.05) is 18.0 Å². The summed E-state index contributed by atoms with van der Waals surface area (Å²) < 4.78 is 39.1. The van der Waals surface area contributed by atoms with E-state index in [-0.39, 0.29) is 4.88 Å². The van der Waals surface area contributed by atoms with Crippen molar-refractivity contribution in [1.29, 1.82) is 0 Å². The van der Waals surface area contributed by atoms with Gasteiger partial charge in [0.05, 0.1) is 16.6 Å². The lowest BCUT2D eigenvalue weighted by atomic mass is 10.1. The number of pyridine rings is 1. The Morgan fingerprint density at radius 1 is 1.25 bits per heavy atom. The van der Waals surface area contributed by atoms with Crippen molar-refractivity contribution >= 4 is 16.9 Å². The zero-order valence-corrected chi connectivity index (χ0v) is 10.7. The van der Waals surface area contributed by atoms with Gasteiger partial charge >= 0.3 is 6.18 Å². The molecule has 104 valence electrons. The van der Waals surface area contributed by atoms with Gasteiger partial charge in [-0.3, -0.25) is 0 Å². The first kappa shape index (κ1) is 13.1. The monoisotopic (exact) mass is 299 g/mol. The molecule has 0 aliphatic rings. The smallest absolute Gasteiger partial charge is 0.383 e. The summed E-state index contributed by atoms with van der Waals surface area (Å²) in [5, 5.41) is 13.3. The van der Waals surface area contributed by atoms with Gasteiger partial charge in [-0.25, -0.2) is 9.50 Å². The second-order valence-corrected chi connectivity index (χ2v) is 5.16. The van der Waals surface area contributed by atoms with E-state index in [4.69, 9.17) is 0 Å². The fourth-order valence-corrected chi connectivity index (χ4v) is 2.65. The fraction of sp³-hybridized carbons (Fsp3) is 0.167. The molecule has 3 aromatic heterocycles. The molecule has 0 aliphatic heterocycles. The third-order valence-electron chi connectivity index (χ3n) is 2.79. The third kappa shape index (κ3) is 2.16. The summed E-state index contributed by atoms with van der Waals surface area (Å²) in [6.45, 7) is 0. The van der Waals surface area contributed by atoms with Gasteiger partial charge in [0.2, 0.25) is 0 Å². The standard InChI is InChI=1S/C12H8F3N3OS/c13-12(14,15)11-16-6-9(20-11)10(19)7-5-17-18-4-2-1-3-8(7)18/h1-6,10,19H. The minimum Gasteiger partial charge on any atom is -0.383 e. The zero-order valence-electron chi connectivity index (χ0n) is 9.87. The lowest BCUT2D eigenvalue weighted by molar-refractivity contribution is -0.137. The maximum Gasteiger partial charge on any atom is 0.443 e. The Morgan fingerprint density at radius 2 is 2.05 bits per heavy atom. The highest BCUT2D eigenvalue weighted by atomic mass is 32.1. The Morgan fingerprint density at radius 3 is 2.75 bits per heavy atom. The number of rotatable bonds is 2. The van der Waals surface area contributed by atoms with Gasteiger partial charge in [-0.05, 0) is 12.1 Å². The molecule has 0 aromatic carbocycles. The summed E-state index contributed by atoms with van der Waals surface area (Å²) in [5.74, 6) is 0. The molecule has 1 N–H and O–H groups in total. The van der Waals surface area contributed by atoms with Crippen molar-refractivity contribution in [3.63, 3.8) is 0 Å². The number of halogens is 3. The number of aliphatic hydroxyl groups is 1. The van der Waals surface area contributed by atoms with E-state index in [2.05, 4.69) is 10.1 Å². The van der Waals surface area contributed by atoms with Crippen molar-refractivity contribution in [2.45, 2.75) is 12.3 Å². The van der Waals surface area contributed by atoms with Gasteiger partial charge in [-0.15, -0.1) is 11.3 Å². The van der Waals surface area contributed by atoms with Crippen LogP contribution in [0.25, 0.3) is 5.52 Å². The maximum atomic E-state index is 12.5. The summed E-state index contributed by atoms with van der Waals surface area (Å²) in [7, 11) is 0. The van der Waals surface area contributed by atoms with E-state index in [9.17, 15) is 18.3 Å². The van der Waals surface area contributed by atoms with E-state index >= 15 is 0 Å². The van der Waals surface area contributed by atoms with E-state index in [1.165, 1.54) is 6.20 Å². The van der Waals surface area contributed by atoms with Crippen molar-refractivity contribution in [1.82, 2.24) is 14.6 Å². The van der Waals surface area contributed by atoms with Gasteiger partial charge in [0.15, 0.2) is 5.01 Å². The Kier molecular flexibility index (Phi) is 2.98. The zero-order chi connectivity index (χ0) is 14.3. The summed E-state index contributed by atoms with van der Waals surface area (Å²) in [4.78, 5) is 3.44. The summed E-state index contributed by atoms with van der Waals surface area (Å²) >= 11 is 0.432. The molecule has 3 heterocycles. The molecule has 0 spiro atoms. The third-order valence-corrected chi connectivity index (χ3v) is 3.88. The second kappa shape index (κ2) is 4.57. The number of aliphatic hydroxyl groups excluding tert-OH is 1. The first-order valence-corrected chi connectivity index (χ1v) is 6.42. The van der Waals surface area contributed by atoms with Crippen molar-refractivity contribution < 1.29 is 18.3 Å². The van der Waals surface area contributed by atoms with Crippen LogP contribution in [0, 0.1) is 0 Å². The molecule has 0 amide bonds. The highest BCUT2D eigenvalue weighted by Gasteiger charge is 2.35. The molecular formula is C12H8F3N3OS. The van der Waals surface area contributed by atoms with Crippen LogP contribution in [-0.2, 0) is 6.18 Å². The van der Waals surface area contributed by atoms with Gasteiger partial charge in [0.1, 0.15) is 6.10 Å². The molecule has 1 unspecified atom stereocenters. The van der Waals surface area contributed by atoms with Crippen LogP contribution in [-0.4, -0.2) is 19.7 Å². The number of alkyl halides is 3. The molecular weight excluding hydrogens is 291 g/mol. The van der Waals surface area contributed by atoms with E-state index in [1.54, 1.807) is 28.9 Å². The van der Waals surface area contributed by atoms with Gasteiger partial charge in [0.25, 0.3) is 0 Å². The molecule has 0 bridgehead atoms. The minimum atomic E-state index is -4.50. The molecule has 0 saturated carbocycles. The number of fused-ring (bicyclic) bond motifs is 1. The summed E-state index contributed by atoms with van der Waals surface area (Å²) in [6, 6.07) is 5.27. The van der Waals surface area contributed by atoms with E-state index in [1.807, 2.05) is 0 Å². The fourth-order valence-electron chi connectivity index (χ4n) is 1.86. The lowest BCUT2D eigenvalue weighted by Crippen LogP contribution is -2.03. The van der Waals surface area contributed by atoms with Gasteiger partial charge in [-0.1, -0.05) is 6.07 Å². The predicted octanol–water partition coefficient (Wildman–Crippen LogP) is 2.89. The van der Waals surface area contributed by atoms with Crippen LogP contribution < -0.4 is 0 Å². The Hall–Kier alpha value is -1.93. The minimum absolute atomic E-state index is 0.135. The molecule has 0 fully saturated rings. The summed E-state index contributed by atoms with van der Waals surface area (Å²) in [6.07, 6.45) is -1.50. The molecule has 0 radical (unpaired) electrons. The molecule has 3 aromatic rings. The van der Waals surface area contributed by atoms with E-state index < -0.39 is 17.3 Å². The van der Waals surface area contributed by atoms with E-state index in [0.717, 1.165) is 6.20 Å². The number of hydrogen-bond donors (Lipinski definition) is 1. The lowest BCUT2D eigenvalue weighted by Gasteiger charge is -2.06. The topological polar surface area (TPSA) is 50.4 Å². The predicted molar refractivity (Wildman–Crippen MR) is 66.4 cm³/mol. The van der Waals surface area contributed by atoms with E-state index in [0.29, 0.717) is 22.4 Å². The largest absolute Gasteiger partial charge is 0.443 e. The van der Waals surface area contributed by atoms with Gasteiger partial charge < -0.3 is 5.11 Å².